The first kappa shape index (κ1) is 22.6. The van der Waals surface area contributed by atoms with E-state index in [0.717, 1.165) is 24.1 Å². The summed E-state index contributed by atoms with van der Waals surface area (Å²) in [7, 11) is 0. The summed E-state index contributed by atoms with van der Waals surface area (Å²) < 4.78 is 0. The van der Waals surface area contributed by atoms with Crippen LogP contribution in [0.3, 0.4) is 0 Å². The highest BCUT2D eigenvalue weighted by Gasteiger charge is 2.51. The molecule has 3 heterocycles. The number of para-hydroxylation sites is 1. The van der Waals surface area contributed by atoms with Crippen LogP contribution in [0.5, 0.6) is 0 Å². The van der Waals surface area contributed by atoms with E-state index in [-0.39, 0.29) is 24.3 Å². The second kappa shape index (κ2) is 9.22. The van der Waals surface area contributed by atoms with Crippen LogP contribution >= 0.6 is 0 Å². The van der Waals surface area contributed by atoms with Crippen LogP contribution in [0.1, 0.15) is 41.3 Å². The summed E-state index contributed by atoms with van der Waals surface area (Å²) in [5.74, 6) is -0.0202. The maximum Gasteiger partial charge on any atom is 0.253 e. The smallest absolute Gasteiger partial charge is 0.253 e. The van der Waals surface area contributed by atoms with Crippen LogP contribution in [-0.2, 0) is 22.4 Å². The number of carbonyl (C=O) groups is 3. The van der Waals surface area contributed by atoms with Gasteiger partial charge < -0.3 is 15.1 Å². The Kier molecular flexibility index (Phi) is 6.13. The molecule has 7 nitrogen and oxygen atoms in total. The number of aryl methyl sites for hydroxylation is 1. The molecular weight excluding hydrogens is 428 g/mol. The Morgan fingerprint density at radius 2 is 1.71 bits per heavy atom. The van der Waals surface area contributed by atoms with Gasteiger partial charge in [0.2, 0.25) is 5.91 Å². The molecule has 0 radical (unpaired) electrons. The molecule has 2 aromatic carbocycles. The van der Waals surface area contributed by atoms with Crippen molar-refractivity contribution < 1.29 is 14.4 Å². The number of rotatable bonds is 4. The van der Waals surface area contributed by atoms with E-state index in [0.29, 0.717) is 51.1 Å². The summed E-state index contributed by atoms with van der Waals surface area (Å²) in [5, 5.41) is 3.03. The van der Waals surface area contributed by atoms with Crippen LogP contribution in [0.2, 0.25) is 0 Å². The molecule has 2 aromatic rings. The summed E-state index contributed by atoms with van der Waals surface area (Å²) in [6.07, 6.45) is 3.05. The van der Waals surface area contributed by atoms with Crippen molar-refractivity contribution in [3.8, 4) is 0 Å². The van der Waals surface area contributed by atoms with Gasteiger partial charge in [-0.25, -0.2) is 0 Å². The van der Waals surface area contributed by atoms with E-state index in [2.05, 4.69) is 17.1 Å². The number of nitrogens with one attached hydrogen (secondary N) is 1. The van der Waals surface area contributed by atoms with Crippen LogP contribution in [0.15, 0.2) is 48.5 Å². The quantitative estimate of drug-likeness (QED) is 0.761. The minimum atomic E-state index is -0.784. The Labute approximate surface area is 200 Å². The number of anilines is 1. The van der Waals surface area contributed by atoms with E-state index in [9.17, 15) is 14.4 Å². The monoisotopic (exact) mass is 460 g/mol. The largest absolute Gasteiger partial charge is 0.336 e. The maximum absolute atomic E-state index is 13.4. The third-order valence-electron chi connectivity index (χ3n) is 7.59. The fourth-order valence-electron chi connectivity index (χ4n) is 5.54. The third-order valence-corrected chi connectivity index (χ3v) is 7.59. The average Bonchev–Trinajstić information content (AvgIpc) is 3.29. The number of carbonyl (C=O) groups excluding carboxylic acids is 3. The Morgan fingerprint density at radius 1 is 0.971 bits per heavy atom. The number of nitrogens with zero attached hydrogens (tertiary/aromatic N) is 3. The number of piperazine rings is 1. The standard InChI is InChI=1S/C27H32N4O3/c1-2-20-8-10-21(11-9-20)25(33)30-16-14-29(15-17-30)19-24(32)31-13-5-12-27(31)18-22-6-3-4-7-23(22)28-26(27)34/h3-4,6-11H,2,5,12-19H2,1H3,(H,28,34). The van der Waals surface area contributed by atoms with Gasteiger partial charge in [0, 0.05) is 50.4 Å². The molecule has 3 aliphatic rings. The van der Waals surface area contributed by atoms with Crippen molar-refractivity contribution in [1.29, 1.82) is 0 Å². The lowest BCUT2D eigenvalue weighted by molar-refractivity contribution is -0.144. The number of likely N-dealkylation sites (tertiary alicyclic amines) is 1. The average molecular weight is 461 g/mol. The molecule has 178 valence electrons. The summed E-state index contributed by atoms with van der Waals surface area (Å²) in [6, 6.07) is 15.7. The summed E-state index contributed by atoms with van der Waals surface area (Å²) in [5.41, 5.74) is 3.08. The minimum absolute atomic E-state index is 0.00182. The molecule has 2 saturated heterocycles. The molecule has 5 rings (SSSR count). The summed E-state index contributed by atoms with van der Waals surface area (Å²) >= 11 is 0. The fraction of sp³-hybridized carbons (Fsp3) is 0.444. The summed E-state index contributed by atoms with van der Waals surface area (Å²) in [4.78, 5) is 45.1. The Balaban J connectivity index is 1.20. The van der Waals surface area contributed by atoms with Crippen molar-refractivity contribution in [2.24, 2.45) is 0 Å². The zero-order chi connectivity index (χ0) is 23.7. The van der Waals surface area contributed by atoms with Gasteiger partial charge in [-0.2, -0.15) is 0 Å². The van der Waals surface area contributed by atoms with Crippen molar-refractivity contribution in [2.75, 3.05) is 44.6 Å². The second-order valence-electron chi connectivity index (χ2n) is 9.59. The van der Waals surface area contributed by atoms with Crippen molar-refractivity contribution in [1.82, 2.24) is 14.7 Å². The highest BCUT2D eigenvalue weighted by atomic mass is 16.2. The molecule has 1 atom stereocenters. The molecule has 0 aromatic heterocycles. The van der Waals surface area contributed by atoms with Crippen molar-refractivity contribution in [3.63, 3.8) is 0 Å². The third kappa shape index (κ3) is 4.09. The number of benzene rings is 2. The molecule has 0 bridgehead atoms. The molecular formula is C27H32N4O3. The molecule has 3 aliphatic heterocycles. The Hall–Kier alpha value is -3.19. The lowest BCUT2D eigenvalue weighted by Crippen LogP contribution is -2.60. The topological polar surface area (TPSA) is 73.0 Å². The zero-order valence-electron chi connectivity index (χ0n) is 19.8. The second-order valence-corrected chi connectivity index (χ2v) is 9.59. The van der Waals surface area contributed by atoms with E-state index >= 15 is 0 Å². The highest BCUT2D eigenvalue weighted by molar-refractivity contribution is 6.04. The molecule has 34 heavy (non-hydrogen) atoms. The van der Waals surface area contributed by atoms with Crippen LogP contribution in [-0.4, -0.2) is 77.2 Å². The first-order valence-electron chi connectivity index (χ1n) is 12.3. The highest BCUT2D eigenvalue weighted by Crippen LogP contribution is 2.39. The summed E-state index contributed by atoms with van der Waals surface area (Å²) in [6.45, 7) is 5.49. The lowest BCUT2D eigenvalue weighted by atomic mass is 9.83. The fourth-order valence-corrected chi connectivity index (χ4v) is 5.54. The predicted molar refractivity (Wildman–Crippen MR) is 131 cm³/mol. The molecule has 7 heteroatoms. The van der Waals surface area contributed by atoms with Gasteiger partial charge in [-0.3, -0.25) is 19.3 Å². The van der Waals surface area contributed by atoms with Crippen LogP contribution in [0.25, 0.3) is 0 Å². The first-order chi connectivity index (χ1) is 16.5. The molecule has 0 saturated carbocycles. The maximum atomic E-state index is 13.4. The first-order valence-corrected chi connectivity index (χ1v) is 12.3. The van der Waals surface area contributed by atoms with Gasteiger partial charge in [-0.05, 0) is 48.6 Å². The van der Waals surface area contributed by atoms with Gasteiger partial charge in [0.1, 0.15) is 5.54 Å². The lowest BCUT2D eigenvalue weighted by Gasteiger charge is -2.42. The van der Waals surface area contributed by atoms with Crippen LogP contribution in [0, 0.1) is 0 Å². The Morgan fingerprint density at radius 3 is 2.44 bits per heavy atom. The molecule has 1 spiro atoms. The van der Waals surface area contributed by atoms with E-state index in [1.807, 2.05) is 58.3 Å². The van der Waals surface area contributed by atoms with Crippen LogP contribution < -0.4 is 5.32 Å². The molecule has 1 N–H and O–H groups in total. The van der Waals surface area contributed by atoms with Crippen molar-refractivity contribution in [3.05, 3.63) is 65.2 Å². The van der Waals surface area contributed by atoms with Gasteiger partial charge in [-0.15, -0.1) is 0 Å². The van der Waals surface area contributed by atoms with Crippen molar-refractivity contribution in [2.45, 2.75) is 38.1 Å². The zero-order valence-corrected chi connectivity index (χ0v) is 19.8. The van der Waals surface area contributed by atoms with Gasteiger partial charge >= 0.3 is 0 Å². The molecule has 1 unspecified atom stereocenters. The predicted octanol–water partition coefficient (Wildman–Crippen LogP) is 2.56. The van der Waals surface area contributed by atoms with Gasteiger partial charge in [0.25, 0.3) is 11.8 Å². The number of fused-ring (bicyclic) bond motifs is 1. The molecule has 3 amide bonds. The van der Waals surface area contributed by atoms with Gasteiger partial charge in [-0.1, -0.05) is 37.3 Å². The normalized spacial score (nSPS) is 22.6. The van der Waals surface area contributed by atoms with Crippen molar-refractivity contribution >= 4 is 23.4 Å². The number of hydrogen-bond donors (Lipinski definition) is 1. The number of amides is 3. The van der Waals surface area contributed by atoms with Crippen LogP contribution in [0.4, 0.5) is 5.69 Å². The minimum Gasteiger partial charge on any atom is -0.336 e. The molecule has 2 fully saturated rings. The van der Waals surface area contributed by atoms with Gasteiger partial charge in [0.15, 0.2) is 0 Å². The van der Waals surface area contributed by atoms with E-state index in [4.69, 9.17) is 0 Å². The number of hydrogen-bond acceptors (Lipinski definition) is 4. The SMILES string of the molecule is CCc1ccc(C(=O)N2CCN(CC(=O)N3CCCC34Cc3ccccc3NC4=O)CC2)cc1. The van der Waals surface area contributed by atoms with E-state index in [1.54, 1.807) is 0 Å². The van der Waals surface area contributed by atoms with Gasteiger partial charge in [0.05, 0.1) is 6.54 Å². The van der Waals surface area contributed by atoms with E-state index < -0.39 is 5.54 Å². The van der Waals surface area contributed by atoms with E-state index in [1.165, 1.54) is 5.56 Å². The Bertz CT molecular complexity index is 1090. The molecule has 0 aliphatic carbocycles.